The Morgan fingerprint density at radius 3 is 1.61 bits per heavy atom. The van der Waals surface area contributed by atoms with Crippen molar-refractivity contribution in [3.8, 4) is 35.8 Å². The molecule has 1 aliphatic carbocycles. The molecule has 0 aromatic heterocycles. The Balaban J connectivity index is 2.38. The number of hydrogen-bond acceptors (Lipinski definition) is 0. The zero-order valence-electron chi connectivity index (χ0n) is 13.1. The van der Waals surface area contributed by atoms with Crippen LogP contribution in [0, 0.1) is 24.7 Å². The minimum absolute atomic E-state index is 0.187. The van der Waals surface area contributed by atoms with E-state index in [2.05, 4.69) is 49.3 Å². The summed E-state index contributed by atoms with van der Waals surface area (Å²) >= 11 is 0. The Morgan fingerprint density at radius 2 is 1.26 bits per heavy atom. The van der Waals surface area contributed by atoms with E-state index in [1.165, 1.54) is 22.3 Å². The van der Waals surface area contributed by atoms with E-state index >= 15 is 0 Å². The molecule has 0 bridgehead atoms. The van der Waals surface area contributed by atoms with E-state index in [0.29, 0.717) is 0 Å². The molecule has 0 atom stereocenters. The van der Waals surface area contributed by atoms with Gasteiger partial charge in [-0.3, -0.25) is 0 Å². The van der Waals surface area contributed by atoms with Crippen LogP contribution in [-0.4, -0.2) is 0 Å². The number of rotatable bonds is 4. The van der Waals surface area contributed by atoms with Crippen LogP contribution >= 0.6 is 0 Å². The second-order valence-electron chi connectivity index (χ2n) is 5.88. The first-order valence-electron chi connectivity index (χ1n) is 7.64. The van der Waals surface area contributed by atoms with Gasteiger partial charge in [0.25, 0.3) is 0 Å². The monoisotopic (exact) mass is 294 g/mol. The molecule has 3 rings (SSSR count). The fourth-order valence-electron chi connectivity index (χ4n) is 3.69. The molecule has 2 aromatic rings. The lowest BCUT2D eigenvalue weighted by molar-refractivity contribution is 0.543. The molecule has 0 heterocycles. The molecule has 2 aromatic carbocycles. The minimum Gasteiger partial charge on any atom is -0.115 e. The van der Waals surface area contributed by atoms with Crippen LogP contribution in [0.15, 0.2) is 61.7 Å². The second-order valence-corrected chi connectivity index (χ2v) is 5.88. The molecule has 110 valence electrons. The number of hydrogen-bond donors (Lipinski definition) is 0. The van der Waals surface area contributed by atoms with Gasteiger partial charge in [0.1, 0.15) is 0 Å². The van der Waals surface area contributed by atoms with Gasteiger partial charge in [0, 0.05) is 16.5 Å². The number of terminal acetylenes is 2. The van der Waals surface area contributed by atoms with Gasteiger partial charge in [0.05, 0.1) is 0 Å². The molecule has 0 saturated carbocycles. The standard InChI is InChI=1S/C23H18/c1-5-13-23(14-6-2)21-15-17(7-3)9-11-19(21)20-12-10-18(8-4)16-22(20)23/h3-6,9-12,15-16H,1-2,13-14H2. The van der Waals surface area contributed by atoms with E-state index in [9.17, 15) is 0 Å². The molecular weight excluding hydrogens is 276 g/mol. The number of allylic oxidation sites excluding steroid dienone is 2. The van der Waals surface area contributed by atoms with E-state index in [0.717, 1.165) is 24.0 Å². The van der Waals surface area contributed by atoms with E-state index in [1.807, 2.05) is 24.3 Å². The van der Waals surface area contributed by atoms with Crippen LogP contribution in [0.3, 0.4) is 0 Å². The lowest BCUT2D eigenvalue weighted by atomic mass is 9.72. The van der Waals surface area contributed by atoms with Crippen LogP contribution in [0.1, 0.15) is 35.1 Å². The number of fused-ring (bicyclic) bond motifs is 3. The molecule has 0 aliphatic heterocycles. The van der Waals surface area contributed by atoms with Crippen molar-refractivity contribution in [1.29, 1.82) is 0 Å². The molecule has 0 saturated heterocycles. The van der Waals surface area contributed by atoms with E-state index in [4.69, 9.17) is 12.8 Å². The van der Waals surface area contributed by atoms with Gasteiger partial charge in [-0.15, -0.1) is 26.0 Å². The summed E-state index contributed by atoms with van der Waals surface area (Å²) in [7, 11) is 0. The van der Waals surface area contributed by atoms with Gasteiger partial charge in [0.2, 0.25) is 0 Å². The van der Waals surface area contributed by atoms with Crippen molar-refractivity contribution in [1.82, 2.24) is 0 Å². The summed E-state index contributed by atoms with van der Waals surface area (Å²) in [4.78, 5) is 0. The molecule has 0 spiro atoms. The summed E-state index contributed by atoms with van der Waals surface area (Å²) in [6.45, 7) is 7.94. The predicted octanol–water partition coefficient (Wildman–Crippen LogP) is 5.07. The van der Waals surface area contributed by atoms with Crippen LogP contribution in [0.4, 0.5) is 0 Å². The van der Waals surface area contributed by atoms with Crippen molar-refractivity contribution >= 4 is 0 Å². The highest BCUT2D eigenvalue weighted by Gasteiger charge is 2.41. The summed E-state index contributed by atoms with van der Waals surface area (Å²) in [5.74, 6) is 5.49. The Hall–Kier alpha value is -2.96. The fraction of sp³-hybridized carbons (Fsp3) is 0.130. The molecule has 23 heavy (non-hydrogen) atoms. The fourth-order valence-corrected chi connectivity index (χ4v) is 3.69. The Kier molecular flexibility index (Phi) is 3.69. The molecule has 0 unspecified atom stereocenters. The highest BCUT2D eigenvalue weighted by molar-refractivity contribution is 5.82. The topological polar surface area (TPSA) is 0 Å². The van der Waals surface area contributed by atoms with Gasteiger partial charge < -0.3 is 0 Å². The van der Waals surface area contributed by atoms with E-state index < -0.39 is 0 Å². The number of benzene rings is 2. The van der Waals surface area contributed by atoms with E-state index in [-0.39, 0.29) is 5.41 Å². The van der Waals surface area contributed by atoms with Gasteiger partial charge in [-0.2, -0.15) is 0 Å². The third-order valence-corrected chi connectivity index (χ3v) is 4.68. The van der Waals surface area contributed by atoms with Crippen molar-refractivity contribution in [2.75, 3.05) is 0 Å². The Morgan fingerprint density at radius 1 is 0.826 bits per heavy atom. The molecule has 0 N–H and O–H groups in total. The molecule has 1 aliphatic rings. The smallest absolute Gasteiger partial charge is 0.0284 e. The first-order chi connectivity index (χ1) is 11.2. The zero-order valence-corrected chi connectivity index (χ0v) is 13.1. The van der Waals surface area contributed by atoms with Crippen molar-refractivity contribution < 1.29 is 0 Å². The summed E-state index contributed by atoms with van der Waals surface area (Å²) in [6, 6.07) is 12.5. The normalized spacial score (nSPS) is 13.3. The molecule has 0 heteroatoms. The first kappa shape index (κ1) is 15.0. The molecule has 0 amide bonds. The predicted molar refractivity (Wildman–Crippen MR) is 98.2 cm³/mol. The van der Waals surface area contributed by atoms with Gasteiger partial charge >= 0.3 is 0 Å². The highest BCUT2D eigenvalue weighted by atomic mass is 14.4. The first-order valence-corrected chi connectivity index (χ1v) is 7.64. The van der Waals surface area contributed by atoms with Gasteiger partial charge in [-0.1, -0.05) is 36.1 Å². The summed E-state index contributed by atoms with van der Waals surface area (Å²) in [6.07, 6.45) is 16.8. The van der Waals surface area contributed by atoms with Crippen LogP contribution in [0.2, 0.25) is 0 Å². The van der Waals surface area contributed by atoms with Crippen LogP contribution in [0.5, 0.6) is 0 Å². The maximum absolute atomic E-state index is 5.61. The summed E-state index contributed by atoms with van der Waals surface area (Å²) < 4.78 is 0. The molecule has 0 nitrogen and oxygen atoms in total. The lowest BCUT2D eigenvalue weighted by Crippen LogP contribution is -2.24. The average Bonchev–Trinajstić information content (AvgIpc) is 2.85. The Bertz CT molecular complexity index is 806. The maximum atomic E-state index is 5.61. The Labute approximate surface area is 138 Å². The van der Waals surface area contributed by atoms with Gasteiger partial charge in [-0.05, 0) is 59.4 Å². The molecule has 0 fully saturated rings. The quantitative estimate of drug-likeness (QED) is 0.545. The maximum Gasteiger partial charge on any atom is 0.0284 e. The molecule has 0 radical (unpaired) electrons. The third-order valence-electron chi connectivity index (χ3n) is 4.68. The van der Waals surface area contributed by atoms with Crippen molar-refractivity contribution in [2.24, 2.45) is 0 Å². The van der Waals surface area contributed by atoms with Crippen molar-refractivity contribution in [3.63, 3.8) is 0 Å². The lowest BCUT2D eigenvalue weighted by Gasteiger charge is -2.30. The average molecular weight is 294 g/mol. The van der Waals surface area contributed by atoms with Crippen molar-refractivity contribution in [3.05, 3.63) is 84.0 Å². The van der Waals surface area contributed by atoms with Crippen molar-refractivity contribution in [2.45, 2.75) is 18.3 Å². The van der Waals surface area contributed by atoms with Gasteiger partial charge in [0.15, 0.2) is 0 Å². The largest absolute Gasteiger partial charge is 0.115 e. The third kappa shape index (κ3) is 2.12. The van der Waals surface area contributed by atoms with Crippen LogP contribution in [-0.2, 0) is 5.41 Å². The SMILES string of the molecule is C#Cc1ccc2c(c1)C(CC=C)(CC=C)c1cc(C#C)ccc1-2. The highest BCUT2D eigenvalue weighted by Crippen LogP contribution is 2.53. The van der Waals surface area contributed by atoms with Crippen LogP contribution < -0.4 is 0 Å². The van der Waals surface area contributed by atoms with Crippen LogP contribution in [0.25, 0.3) is 11.1 Å². The summed E-state index contributed by atoms with van der Waals surface area (Å²) in [5, 5.41) is 0. The van der Waals surface area contributed by atoms with Gasteiger partial charge in [-0.25, -0.2) is 0 Å². The second kappa shape index (κ2) is 5.68. The zero-order chi connectivity index (χ0) is 16.4. The minimum atomic E-state index is -0.187. The molecular formula is C23H18. The summed E-state index contributed by atoms with van der Waals surface area (Å²) in [5.41, 5.74) is 6.55. The van der Waals surface area contributed by atoms with E-state index in [1.54, 1.807) is 0 Å².